The predicted octanol–water partition coefficient (Wildman–Crippen LogP) is 7.11. The maximum Gasteiger partial charge on any atom is 0.142 e. The van der Waals surface area contributed by atoms with E-state index in [4.69, 9.17) is 9.15 Å². The minimum Gasteiger partial charge on any atom is -0.493 e. The van der Waals surface area contributed by atoms with Crippen LogP contribution in [0.3, 0.4) is 0 Å². The van der Waals surface area contributed by atoms with Gasteiger partial charge in [0.05, 0.1) is 6.61 Å². The Morgan fingerprint density at radius 1 is 0.800 bits per heavy atom. The zero-order valence-electron chi connectivity index (χ0n) is 16.1. The number of benzene rings is 2. The molecule has 3 rings (SSSR count). The third-order valence-electron chi connectivity index (χ3n) is 5.14. The normalized spacial score (nSPS) is 11.5. The second-order valence-corrected chi connectivity index (χ2v) is 7.05. The summed E-state index contributed by atoms with van der Waals surface area (Å²) in [5, 5.41) is 2.40. The zero-order chi connectivity index (χ0) is 17.8. The second-order valence-electron chi connectivity index (χ2n) is 7.05. The molecule has 1 heterocycles. The summed E-state index contributed by atoms with van der Waals surface area (Å²) in [5.41, 5.74) is 5.78. The van der Waals surface area contributed by atoms with E-state index < -0.39 is 0 Å². The Balaban J connectivity index is 1.92. The number of hydrogen-bond donors (Lipinski definition) is 0. The average molecular weight is 338 g/mol. The van der Waals surface area contributed by atoms with Gasteiger partial charge in [0.2, 0.25) is 0 Å². The third kappa shape index (κ3) is 3.53. The first-order valence-corrected chi connectivity index (χ1v) is 9.74. The summed E-state index contributed by atoms with van der Waals surface area (Å²) in [7, 11) is 0. The molecule has 0 bridgehead atoms. The summed E-state index contributed by atoms with van der Waals surface area (Å²) in [6.07, 6.45) is 7.14. The van der Waals surface area contributed by atoms with Gasteiger partial charge in [0.15, 0.2) is 0 Å². The summed E-state index contributed by atoms with van der Waals surface area (Å²) in [6, 6.07) is 8.71. The van der Waals surface area contributed by atoms with Crippen molar-refractivity contribution in [2.24, 2.45) is 0 Å². The number of unbranched alkanes of at least 4 members (excludes halogenated alkanes) is 3. The van der Waals surface area contributed by atoms with E-state index in [0.29, 0.717) is 0 Å². The van der Waals surface area contributed by atoms with Gasteiger partial charge in [-0.05, 0) is 49.9 Å². The van der Waals surface area contributed by atoms with Gasteiger partial charge in [0.1, 0.15) is 16.9 Å². The maximum absolute atomic E-state index is 6.31. The predicted molar refractivity (Wildman–Crippen MR) is 107 cm³/mol. The highest BCUT2D eigenvalue weighted by atomic mass is 16.5. The molecule has 25 heavy (non-hydrogen) atoms. The van der Waals surface area contributed by atoms with Crippen molar-refractivity contribution in [2.75, 3.05) is 6.61 Å². The topological polar surface area (TPSA) is 22.4 Å². The standard InChI is InChI=1S/C23H30O2/c1-5-7-8-9-15-24-21-14-13-20-19-12-11-18(10-6-2)16(3)22(19)25-23(20)17(21)4/h11-14H,5-10,15H2,1-4H3. The fraction of sp³-hybridized carbons (Fsp3) is 0.478. The van der Waals surface area contributed by atoms with Crippen LogP contribution >= 0.6 is 0 Å². The Bertz CT molecular complexity index is 858. The van der Waals surface area contributed by atoms with Gasteiger partial charge in [-0.15, -0.1) is 0 Å². The molecule has 0 saturated heterocycles. The molecular formula is C23H30O2. The molecule has 0 aliphatic heterocycles. The number of hydrogen-bond acceptors (Lipinski definition) is 2. The van der Waals surface area contributed by atoms with Crippen molar-refractivity contribution in [1.82, 2.24) is 0 Å². The Kier molecular flexibility index (Phi) is 5.67. The van der Waals surface area contributed by atoms with Gasteiger partial charge in [0.25, 0.3) is 0 Å². The Morgan fingerprint density at radius 2 is 1.52 bits per heavy atom. The number of rotatable bonds is 8. The minimum atomic E-state index is 0.784. The van der Waals surface area contributed by atoms with Crippen LogP contribution in [-0.2, 0) is 6.42 Å². The van der Waals surface area contributed by atoms with Crippen molar-refractivity contribution < 1.29 is 9.15 Å². The minimum absolute atomic E-state index is 0.784. The van der Waals surface area contributed by atoms with Crippen LogP contribution in [0, 0.1) is 13.8 Å². The Morgan fingerprint density at radius 3 is 2.24 bits per heavy atom. The van der Waals surface area contributed by atoms with Gasteiger partial charge >= 0.3 is 0 Å². The third-order valence-corrected chi connectivity index (χ3v) is 5.14. The lowest BCUT2D eigenvalue weighted by Crippen LogP contribution is -1.98. The lowest BCUT2D eigenvalue weighted by Gasteiger charge is -2.09. The van der Waals surface area contributed by atoms with E-state index >= 15 is 0 Å². The lowest BCUT2D eigenvalue weighted by atomic mass is 10.0. The highest BCUT2D eigenvalue weighted by molar-refractivity contribution is 6.07. The molecule has 134 valence electrons. The van der Waals surface area contributed by atoms with E-state index in [0.717, 1.165) is 48.3 Å². The van der Waals surface area contributed by atoms with Crippen molar-refractivity contribution in [3.8, 4) is 5.75 Å². The van der Waals surface area contributed by atoms with E-state index in [9.17, 15) is 0 Å². The Labute approximate surface area is 151 Å². The van der Waals surface area contributed by atoms with E-state index in [1.807, 2.05) is 0 Å². The van der Waals surface area contributed by atoms with Gasteiger partial charge < -0.3 is 9.15 Å². The first kappa shape index (κ1) is 17.8. The summed E-state index contributed by atoms with van der Waals surface area (Å²) in [4.78, 5) is 0. The van der Waals surface area contributed by atoms with Crippen LogP contribution in [0.15, 0.2) is 28.7 Å². The molecule has 0 atom stereocenters. The van der Waals surface area contributed by atoms with Crippen molar-refractivity contribution in [3.63, 3.8) is 0 Å². The summed E-state index contributed by atoms with van der Waals surface area (Å²) < 4.78 is 12.3. The molecule has 0 unspecified atom stereocenters. The smallest absolute Gasteiger partial charge is 0.142 e. The fourth-order valence-corrected chi connectivity index (χ4v) is 3.60. The monoisotopic (exact) mass is 338 g/mol. The van der Waals surface area contributed by atoms with Crippen LogP contribution in [-0.4, -0.2) is 6.61 Å². The van der Waals surface area contributed by atoms with Gasteiger partial charge in [-0.2, -0.15) is 0 Å². The van der Waals surface area contributed by atoms with Gasteiger partial charge in [0, 0.05) is 16.3 Å². The van der Waals surface area contributed by atoms with Crippen molar-refractivity contribution >= 4 is 21.9 Å². The van der Waals surface area contributed by atoms with Crippen LogP contribution in [0.1, 0.15) is 62.6 Å². The van der Waals surface area contributed by atoms with E-state index in [1.54, 1.807) is 0 Å². The number of ether oxygens (including phenoxy) is 1. The van der Waals surface area contributed by atoms with Crippen LogP contribution in [0.5, 0.6) is 5.75 Å². The van der Waals surface area contributed by atoms with Gasteiger partial charge in [-0.25, -0.2) is 0 Å². The molecule has 0 amide bonds. The molecule has 0 aliphatic rings. The molecule has 0 radical (unpaired) electrons. The summed E-state index contributed by atoms with van der Waals surface area (Å²) >= 11 is 0. The van der Waals surface area contributed by atoms with Crippen molar-refractivity contribution in [2.45, 2.75) is 66.2 Å². The molecular weight excluding hydrogens is 308 g/mol. The summed E-state index contributed by atoms with van der Waals surface area (Å²) in [6.45, 7) is 9.52. The van der Waals surface area contributed by atoms with E-state index in [1.165, 1.54) is 41.2 Å². The molecule has 0 fully saturated rings. The highest BCUT2D eigenvalue weighted by Gasteiger charge is 2.15. The largest absolute Gasteiger partial charge is 0.493 e. The first-order valence-electron chi connectivity index (χ1n) is 9.74. The molecule has 0 saturated carbocycles. The second kappa shape index (κ2) is 7.95. The maximum atomic E-state index is 6.31. The number of fused-ring (bicyclic) bond motifs is 3. The first-order chi connectivity index (χ1) is 12.2. The van der Waals surface area contributed by atoms with Crippen LogP contribution < -0.4 is 4.74 Å². The fourth-order valence-electron chi connectivity index (χ4n) is 3.60. The molecule has 2 nitrogen and oxygen atoms in total. The van der Waals surface area contributed by atoms with Gasteiger partial charge in [-0.3, -0.25) is 0 Å². The summed E-state index contributed by atoms with van der Waals surface area (Å²) in [5.74, 6) is 0.953. The van der Waals surface area contributed by atoms with E-state index in [2.05, 4.69) is 52.0 Å². The molecule has 0 aliphatic carbocycles. The van der Waals surface area contributed by atoms with Crippen LogP contribution in [0.25, 0.3) is 21.9 Å². The van der Waals surface area contributed by atoms with Crippen LogP contribution in [0.2, 0.25) is 0 Å². The van der Waals surface area contributed by atoms with Crippen molar-refractivity contribution in [3.05, 3.63) is 41.0 Å². The molecule has 3 aromatic rings. The average Bonchev–Trinajstić information content (AvgIpc) is 2.99. The lowest BCUT2D eigenvalue weighted by molar-refractivity contribution is 0.303. The van der Waals surface area contributed by atoms with Gasteiger partial charge in [-0.1, -0.05) is 51.7 Å². The molecule has 1 aromatic heterocycles. The van der Waals surface area contributed by atoms with Crippen LogP contribution in [0.4, 0.5) is 0 Å². The quantitative estimate of drug-likeness (QED) is 0.408. The molecule has 0 spiro atoms. The Hall–Kier alpha value is -1.96. The number of aryl methyl sites for hydroxylation is 3. The molecule has 0 N–H and O–H groups in total. The van der Waals surface area contributed by atoms with E-state index in [-0.39, 0.29) is 0 Å². The SMILES string of the molecule is CCCCCCOc1ccc2c(oc3c(C)c(CCC)ccc32)c1C. The zero-order valence-corrected chi connectivity index (χ0v) is 16.1. The highest BCUT2D eigenvalue weighted by Crippen LogP contribution is 2.37. The van der Waals surface area contributed by atoms with Crippen molar-refractivity contribution in [1.29, 1.82) is 0 Å². The molecule has 2 aromatic carbocycles. The number of furan rings is 1. The molecule has 2 heteroatoms.